The van der Waals surface area contributed by atoms with E-state index in [1.807, 2.05) is 43.3 Å². The summed E-state index contributed by atoms with van der Waals surface area (Å²) >= 11 is 5.98. The second-order valence-corrected chi connectivity index (χ2v) is 8.39. The fourth-order valence-electron chi connectivity index (χ4n) is 3.50. The number of allylic oxidation sites excluding steroid dienone is 1. The first-order valence-corrected chi connectivity index (χ1v) is 10.9. The molecular formula is C27H23ClN4O2. The second kappa shape index (κ2) is 9.77. The average Bonchev–Trinajstić information content (AvgIpc) is 2.83. The third-order valence-corrected chi connectivity index (χ3v) is 5.62. The molecule has 0 atom stereocenters. The van der Waals surface area contributed by atoms with Crippen LogP contribution >= 0.6 is 11.6 Å². The number of primary amides is 1. The summed E-state index contributed by atoms with van der Waals surface area (Å²) in [5, 5.41) is 4.44. The minimum Gasteiger partial charge on any atom is -0.378 e. The molecule has 0 unspecified atom stereocenters. The standard InChI is InChI=1S/C27H23ClN4O2/c1-32(2)21-11-3-17(4-12-21)5-14-25(33)18-6-13-24-22(15-18)26(23(16-30-24)27(29)34)31-20-9-7-19(28)8-10-20/h3-16H,1-2H3,(H2,29,34)(H,30,31)/b14-5+. The zero-order chi connectivity index (χ0) is 24.2. The number of nitrogens with one attached hydrogen (secondary N) is 1. The van der Waals surface area contributed by atoms with Crippen LogP contribution in [-0.2, 0) is 0 Å². The number of fused-ring (bicyclic) bond motifs is 1. The number of anilines is 3. The minimum absolute atomic E-state index is 0.166. The van der Waals surface area contributed by atoms with Crippen molar-refractivity contribution in [1.82, 2.24) is 4.98 Å². The lowest BCUT2D eigenvalue weighted by Gasteiger charge is -2.14. The Balaban J connectivity index is 1.69. The van der Waals surface area contributed by atoms with Crippen molar-refractivity contribution in [3.8, 4) is 0 Å². The number of nitrogens with two attached hydrogens (primary N) is 1. The molecule has 0 aliphatic rings. The van der Waals surface area contributed by atoms with Gasteiger partial charge >= 0.3 is 0 Å². The smallest absolute Gasteiger partial charge is 0.252 e. The Labute approximate surface area is 202 Å². The van der Waals surface area contributed by atoms with E-state index in [2.05, 4.69) is 10.3 Å². The number of benzene rings is 3. The van der Waals surface area contributed by atoms with Gasteiger partial charge < -0.3 is 16.0 Å². The highest BCUT2D eigenvalue weighted by Gasteiger charge is 2.15. The molecule has 0 aliphatic carbocycles. The summed E-state index contributed by atoms with van der Waals surface area (Å²) in [6.45, 7) is 0. The number of hydrogen-bond acceptors (Lipinski definition) is 5. The van der Waals surface area contributed by atoms with Crippen LogP contribution in [0, 0.1) is 0 Å². The minimum atomic E-state index is -0.622. The molecule has 6 nitrogen and oxygen atoms in total. The van der Waals surface area contributed by atoms with Crippen molar-refractivity contribution in [2.75, 3.05) is 24.3 Å². The number of carbonyl (C=O) groups excluding carboxylic acids is 2. The van der Waals surface area contributed by atoms with E-state index in [0.717, 1.165) is 16.9 Å². The molecule has 7 heteroatoms. The molecule has 0 saturated heterocycles. The maximum absolute atomic E-state index is 12.9. The highest BCUT2D eigenvalue weighted by Crippen LogP contribution is 2.30. The van der Waals surface area contributed by atoms with Crippen LogP contribution in [0.3, 0.4) is 0 Å². The van der Waals surface area contributed by atoms with E-state index < -0.39 is 5.91 Å². The highest BCUT2D eigenvalue weighted by molar-refractivity contribution is 6.30. The SMILES string of the molecule is CN(C)c1ccc(/C=C/C(=O)c2ccc3ncc(C(N)=O)c(Nc4ccc(Cl)cc4)c3c2)cc1. The van der Waals surface area contributed by atoms with E-state index in [4.69, 9.17) is 17.3 Å². The third kappa shape index (κ3) is 5.08. The van der Waals surface area contributed by atoms with E-state index in [1.54, 1.807) is 48.5 Å². The van der Waals surface area contributed by atoms with E-state index in [1.165, 1.54) is 12.3 Å². The van der Waals surface area contributed by atoms with Crippen molar-refractivity contribution in [2.24, 2.45) is 5.73 Å². The second-order valence-electron chi connectivity index (χ2n) is 7.96. The third-order valence-electron chi connectivity index (χ3n) is 5.37. The van der Waals surface area contributed by atoms with Gasteiger partial charge in [0, 0.05) is 47.6 Å². The maximum atomic E-state index is 12.9. The summed E-state index contributed by atoms with van der Waals surface area (Å²) in [4.78, 5) is 31.4. The molecular weight excluding hydrogens is 448 g/mol. The predicted molar refractivity (Wildman–Crippen MR) is 139 cm³/mol. The molecule has 0 aliphatic heterocycles. The first-order valence-electron chi connectivity index (χ1n) is 10.6. The molecule has 0 bridgehead atoms. The fourth-order valence-corrected chi connectivity index (χ4v) is 3.62. The van der Waals surface area contributed by atoms with Gasteiger partial charge in [0.05, 0.1) is 16.8 Å². The number of ketones is 1. The normalized spacial score (nSPS) is 11.0. The number of halogens is 1. The van der Waals surface area contributed by atoms with Crippen molar-refractivity contribution in [1.29, 1.82) is 0 Å². The van der Waals surface area contributed by atoms with Gasteiger partial charge in [-0.3, -0.25) is 14.6 Å². The predicted octanol–water partition coefficient (Wildman–Crippen LogP) is 5.69. The van der Waals surface area contributed by atoms with Gasteiger partial charge in [0.1, 0.15) is 0 Å². The number of amides is 1. The van der Waals surface area contributed by atoms with E-state index in [9.17, 15) is 9.59 Å². The van der Waals surface area contributed by atoms with Crippen molar-refractivity contribution < 1.29 is 9.59 Å². The molecule has 3 N–H and O–H groups in total. The van der Waals surface area contributed by atoms with Gasteiger partial charge in [-0.2, -0.15) is 0 Å². The van der Waals surface area contributed by atoms with Crippen molar-refractivity contribution in [3.05, 3.63) is 101 Å². The lowest BCUT2D eigenvalue weighted by molar-refractivity contribution is 0.0999. The molecule has 1 heterocycles. The highest BCUT2D eigenvalue weighted by atomic mass is 35.5. The zero-order valence-electron chi connectivity index (χ0n) is 18.7. The molecule has 3 aromatic carbocycles. The molecule has 0 spiro atoms. The molecule has 170 valence electrons. The number of aromatic nitrogens is 1. The van der Waals surface area contributed by atoms with Crippen LogP contribution in [0.25, 0.3) is 17.0 Å². The Morgan fingerprint density at radius 3 is 2.35 bits per heavy atom. The lowest BCUT2D eigenvalue weighted by Crippen LogP contribution is -2.14. The van der Waals surface area contributed by atoms with Gasteiger partial charge in [0.25, 0.3) is 5.91 Å². The van der Waals surface area contributed by atoms with Gasteiger partial charge in [-0.25, -0.2) is 0 Å². The summed E-state index contributed by atoms with van der Waals surface area (Å²) in [7, 11) is 3.95. The molecule has 0 radical (unpaired) electrons. The number of pyridine rings is 1. The molecule has 1 amide bonds. The first-order chi connectivity index (χ1) is 16.3. The molecule has 0 fully saturated rings. The molecule has 1 aromatic heterocycles. The van der Waals surface area contributed by atoms with Gasteiger partial charge in [-0.05, 0) is 66.2 Å². The van der Waals surface area contributed by atoms with Gasteiger partial charge in [-0.1, -0.05) is 29.8 Å². The van der Waals surface area contributed by atoms with Crippen LogP contribution in [0.15, 0.2) is 79.0 Å². The Kier molecular flexibility index (Phi) is 6.61. The van der Waals surface area contributed by atoms with E-state index >= 15 is 0 Å². The summed E-state index contributed by atoms with van der Waals surface area (Å²) < 4.78 is 0. The van der Waals surface area contributed by atoms with Gasteiger partial charge in [0.15, 0.2) is 5.78 Å². The largest absolute Gasteiger partial charge is 0.378 e. The Morgan fingerprint density at radius 2 is 1.71 bits per heavy atom. The average molecular weight is 471 g/mol. The monoisotopic (exact) mass is 470 g/mol. The first kappa shape index (κ1) is 23.0. The van der Waals surface area contributed by atoms with E-state index in [0.29, 0.717) is 27.2 Å². The Morgan fingerprint density at radius 1 is 1.00 bits per heavy atom. The van der Waals surface area contributed by atoms with Crippen LogP contribution in [-0.4, -0.2) is 30.8 Å². The lowest BCUT2D eigenvalue weighted by atomic mass is 10.0. The van der Waals surface area contributed by atoms with Crippen LogP contribution in [0.2, 0.25) is 5.02 Å². The van der Waals surface area contributed by atoms with Crippen LogP contribution in [0.1, 0.15) is 26.3 Å². The van der Waals surface area contributed by atoms with Crippen molar-refractivity contribution in [2.45, 2.75) is 0 Å². The van der Waals surface area contributed by atoms with Crippen LogP contribution in [0.5, 0.6) is 0 Å². The fraction of sp³-hybridized carbons (Fsp3) is 0.0741. The van der Waals surface area contributed by atoms with E-state index in [-0.39, 0.29) is 11.3 Å². The molecule has 0 saturated carbocycles. The van der Waals surface area contributed by atoms with Crippen molar-refractivity contribution in [3.63, 3.8) is 0 Å². The number of hydrogen-bond donors (Lipinski definition) is 2. The number of nitrogens with zero attached hydrogens (tertiary/aromatic N) is 2. The summed E-state index contributed by atoms with van der Waals surface area (Å²) in [5.74, 6) is -0.788. The topological polar surface area (TPSA) is 88.3 Å². The van der Waals surface area contributed by atoms with Gasteiger partial charge in [0.2, 0.25) is 0 Å². The summed E-state index contributed by atoms with van der Waals surface area (Å²) in [6, 6.07) is 20.1. The molecule has 34 heavy (non-hydrogen) atoms. The van der Waals surface area contributed by atoms with Crippen molar-refractivity contribution >= 4 is 57.3 Å². The summed E-state index contributed by atoms with van der Waals surface area (Å²) in [5.41, 5.74) is 10.1. The zero-order valence-corrected chi connectivity index (χ0v) is 19.5. The molecule has 4 rings (SSSR count). The number of rotatable bonds is 7. The molecule has 4 aromatic rings. The summed E-state index contributed by atoms with van der Waals surface area (Å²) in [6.07, 6.45) is 4.74. The number of carbonyl (C=O) groups is 2. The van der Waals surface area contributed by atoms with Crippen LogP contribution in [0.4, 0.5) is 17.1 Å². The Bertz CT molecular complexity index is 1400. The van der Waals surface area contributed by atoms with Crippen LogP contribution < -0.4 is 16.0 Å². The maximum Gasteiger partial charge on any atom is 0.252 e. The quantitative estimate of drug-likeness (QED) is 0.267. The Hall–Kier alpha value is -4.16. The van der Waals surface area contributed by atoms with Gasteiger partial charge in [-0.15, -0.1) is 0 Å².